The van der Waals surface area contributed by atoms with E-state index in [1.54, 1.807) is 0 Å². The Morgan fingerprint density at radius 2 is 1.74 bits per heavy atom. The lowest BCUT2D eigenvalue weighted by Gasteiger charge is -2.29. The standard InChI is InChI=1S/C22H23Cl2NO2/c1-13-5-10-16-18(25-13)11-17(24)21(19(12-26)27-22(2,3)4)20(16)14-6-8-15(23)9-7-14/h5-11,19,26H,12H2,1-4H3/t19-/m1/s1. The first-order chi connectivity index (χ1) is 12.7. The average molecular weight is 404 g/mol. The normalized spacial score (nSPS) is 13.1. The first kappa shape index (κ1) is 20.1. The monoisotopic (exact) mass is 403 g/mol. The molecule has 27 heavy (non-hydrogen) atoms. The van der Waals surface area contributed by atoms with Gasteiger partial charge in [0.25, 0.3) is 0 Å². The van der Waals surface area contributed by atoms with Gasteiger partial charge in [-0.05, 0) is 63.1 Å². The Morgan fingerprint density at radius 3 is 2.33 bits per heavy atom. The maximum Gasteiger partial charge on any atom is 0.108 e. The third kappa shape index (κ3) is 4.44. The van der Waals surface area contributed by atoms with Crippen LogP contribution in [0.5, 0.6) is 0 Å². The second kappa shape index (κ2) is 7.76. The van der Waals surface area contributed by atoms with Gasteiger partial charge < -0.3 is 9.84 Å². The maximum atomic E-state index is 10.1. The van der Waals surface area contributed by atoms with Crippen molar-refractivity contribution in [1.29, 1.82) is 0 Å². The molecular formula is C22H23Cl2NO2. The van der Waals surface area contributed by atoms with Gasteiger partial charge in [0.05, 0.1) is 17.7 Å². The van der Waals surface area contributed by atoms with Gasteiger partial charge in [-0.1, -0.05) is 41.4 Å². The van der Waals surface area contributed by atoms with Crippen LogP contribution in [0.25, 0.3) is 22.0 Å². The number of aryl methyl sites for hydroxylation is 1. The summed E-state index contributed by atoms with van der Waals surface area (Å²) in [6.07, 6.45) is -0.561. The number of nitrogens with zero attached hydrogens (tertiary/aromatic N) is 1. The number of halogens is 2. The molecule has 0 radical (unpaired) electrons. The van der Waals surface area contributed by atoms with Gasteiger partial charge in [-0.3, -0.25) is 4.98 Å². The van der Waals surface area contributed by atoms with E-state index in [-0.39, 0.29) is 6.61 Å². The summed E-state index contributed by atoms with van der Waals surface area (Å²) in [6, 6.07) is 13.4. The Labute approximate surface area is 169 Å². The van der Waals surface area contributed by atoms with E-state index in [1.165, 1.54) is 0 Å². The molecule has 0 aliphatic rings. The van der Waals surface area contributed by atoms with E-state index in [4.69, 9.17) is 27.9 Å². The quantitative estimate of drug-likeness (QED) is 0.550. The summed E-state index contributed by atoms with van der Waals surface area (Å²) in [4.78, 5) is 4.63. The molecule has 2 aromatic carbocycles. The lowest BCUT2D eigenvalue weighted by molar-refractivity contribution is -0.0819. The van der Waals surface area contributed by atoms with Crippen molar-refractivity contribution in [3.63, 3.8) is 0 Å². The molecule has 0 amide bonds. The van der Waals surface area contributed by atoms with Gasteiger partial charge >= 0.3 is 0 Å². The number of aliphatic hydroxyl groups is 1. The van der Waals surface area contributed by atoms with Crippen LogP contribution < -0.4 is 0 Å². The molecule has 3 aromatic rings. The molecule has 0 spiro atoms. The molecule has 142 valence electrons. The van der Waals surface area contributed by atoms with E-state index in [2.05, 4.69) is 4.98 Å². The van der Waals surface area contributed by atoms with Crippen LogP contribution >= 0.6 is 23.2 Å². The molecule has 5 heteroatoms. The van der Waals surface area contributed by atoms with E-state index in [1.807, 2.05) is 70.2 Å². The van der Waals surface area contributed by atoms with Crippen molar-refractivity contribution in [2.24, 2.45) is 0 Å². The highest BCUT2D eigenvalue weighted by Gasteiger charge is 2.26. The largest absolute Gasteiger partial charge is 0.393 e. The Morgan fingerprint density at radius 1 is 1.07 bits per heavy atom. The van der Waals surface area contributed by atoms with E-state index in [9.17, 15) is 5.11 Å². The first-order valence-corrected chi connectivity index (χ1v) is 9.59. The number of hydrogen-bond donors (Lipinski definition) is 1. The Kier molecular flexibility index (Phi) is 5.78. The van der Waals surface area contributed by atoms with Gasteiger partial charge in [0.2, 0.25) is 0 Å². The topological polar surface area (TPSA) is 42.4 Å². The van der Waals surface area contributed by atoms with E-state index >= 15 is 0 Å². The summed E-state index contributed by atoms with van der Waals surface area (Å²) < 4.78 is 6.13. The summed E-state index contributed by atoms with van der Waals surface area (Å²) in [5.41, 5.74) is 3.90. The minimum atomic E-state index is -0.561. The van der Waals surface area contributed by atoms with Gasteiger partial charge in [0.1, 0.15) is 6.10 Å². The number of ether oxygens (including phenoxy) is 1. The lowest BCUT2D eigenvalue weighted by Crippen LogP contribution is -2.25. The van der Waals surface area contributed by atoms with Gasteiger partial charge in [0.15, 0.2) is 0 Å². The SMILES string of the molecule is Cc1ccc2c(-c3ccc(Cl)cc3)c([C@@H](CO)OC(C)(C)C)c(Cl)cc2n1. The van der Waals surface area contributed by atoms with Crippen LogP contribution in [0.4, 0.5) is 0 Å². The molecule has 0 fully saturated rings. The third-order valence-corrected chi connectivity index (χ3v) is 4.80. The Hall–Kier alpha value is -1.65. The number of rotatable bonds is 4. The predicted molar refractivity (Wildman–Crippen MR) is 113 cm³/mol. The molecule has 0 aliphatic heterocycles. The van der Waals surface area contributed by atoms with Gasteiger partial charge in [0, 0.05) is 26.7 Å². The molecule has 0 bridgehead atoms. The van der Waals surface area contributed by atoms with Gasteiger partial charge in [-0.25, -0.2) is 0 Å². The molecule has 0 aliphatic carbocycles. The highest BCUT2D eigenvalue weighted by atomic mass is 35.5. The molecule has 3 rings (SSSR count). The third-order valence-electron chi connectivity index (χ3n) is 4.24. The van der Waals surface area contributed by atoms with Crippen molar-refractivity contribution in [1.82, 2.24) is 4.98 Å². The smallest absolute Gasteiger partial charge is 0.108 e. The van der Waals surface area contributed by atoms with E-state index in [0.717, 1.165) is 33.3 Å². The molecule has 0 saturated heterocycles. The number of benzene rings is 2. The van der Waals surface area contributed by atoms with Crippen LogP contribution in [-0.2, 0) is 4.74 Å². The molecule has 0 unspecified atom stereocenters. The molecule has 1 N–H and O–H groups in total. The van der Waals surface area contributed by atoms with Gasteiger partial charge in [-0.15, -0.1) is 0 Å². The van der Waals surface area contributed by atoms with Crippen LogP contribution in [0.15, 0.2) is 42.5 Å². The summed E-state index contributed by atoms with van der Waals surface area (Å²) in [6.45, 7) is 7.64. The van der Waals surface area contributed by atoms with Crippen molar-refractivity contribution in [3.05, 3.63) is 63.8 Å². The minimum absolute atomic E-state index is 0.178. The molecular weight excluding hydrogens is 381 g/mol. The number of hydrogen-bond acceptors (Lipinski definition) is 3. The van der Waals surface area contributed by atoms with Crippen LogP contribution in [-0.4, -0.2) is 22.3 Å². The van der Waals surface area contributed by atoms with Crippen LogP contribution in [0.2, 0.25) is 10.0 Å². The van der Waals surface area contributed by atoms with Crippen LogP contribution in [0.1, 0.15) is 38.1 Å². The van der Waals surface area contributed by atoms with Crippen molar-refractivity contribution in [2.75, 3.05) is 6.61 Å². The summed E-state index contributed by atoms with van der Waals surface area (Å²) >= 11 is 12.8. The highest BCUT2D eigenvalue weighted by Crippen LogP contribution is 2.42. The van der Waals surface area contributed by atoms with E-state index in [0.29, 0.717) is 10.0 Å². The molecule has 3 nitrogen and oxygen atoms in total. The second-order valence-electron chi connectivity index (χ2n) is 7.57. The molecule has 1 atom stereocenters. The summed E-state index contributed by atoms with van der Waals surface area (Å²) in [5, 5.41) is 12.2. The lowest BCUT2D eigenvalue weighted by atomic mass is 9.91. The zero-order valence-electron chi connectivity index (χ0n) is 15.9. The van der Waals surface area contributed by atoms with Crippen molar-refractivity contribution < 1.29 is 9.84 Å². The Bertz CT molecular complexity index is 963. The number of aromatic nitrogens is 1. The summed E-state index contributed by atoms with van der Waals surface area (Å²) in [5.74, 6) is 0. The maximum absolute atomic E-state index is 10.1. The fraction of sp³-hybridized carbons (Fsp3) is 0.318. The van der Waals surface area contributed by atoms with Crippen molar-refractivity contribution in [3.8, 4) is 11.1 Å². The summed E-state index contributed by atoms with van der Waals surface area (Å²) in [7, 11) is 0. The van der Waals surface area contributed by atoms with Crippen LogP contribution in [0, 0.1) is 6.92 Å². The predicted octanol–water partition coefficient (Wildman–Crippen LogP) is 6.37. The van der Waals surface area contributed by atoms with E-state index < -0.39 is 11.7 Å². The number of fused-ring (bicyclic) bond motifs is 1. The zero-order chi connectivity index (χ0) is 19.8. The van der Waals surface area contributed by atoms with Crippen molar-refractivity contribution in [2.45, 2.75) is 39.4 Å². The minimum Gasteiger partial charge on any atom is -0.393 e. The van der Waals surface area contributed by atoms with Gasteiger partial charge in [-0.2, -0.15) is 0 Å². The number of pyridine rings is 1. The first-order valence-electron chi connectivity index (χ1n) is 8.84. The van der Waals surface area contributed by atoms with Crippen molar-refractivity contribution >= 4 is 34.1 Å². The zero-order valence-corrected chi connectivity index (χ0v) is 17.4. The number of aliphatic hydroxyl groups excluding tert-OH is 1. The average Bonchev–Trinajstić information content (AvgIpc) is 2.58. The highest BCUT2D eigenvalue weighted by molar-refractivity contribution is 6.33. The molecule has 1 heterocycles. The van der Waals surface area contributed by atoms with Crippen LogP contribution in [0.3, 0.4) is 0 Å². The fourth-order valence-electron chi connectivity index (χ4n) is 3.22. The second-order valence-corrected chi connectivity index (χ2v) is 8.42. The molecule has 1 aromatic heterocycles. The Balaban J connectivity index is 2.34. The molecule has 0 saturated carbocycles. The fourth-order valence-corrected chi connectivity index (χ4v) is 3.66.